The Kier molecular flexibility index (Phi) is 2.61. The van der Waals surface area contributed by atoms with E-state index in [1.807, 2.05) is 72.8 Å². The van der Waals surface area contributed by atoms with E-state index in [-0.39, 0.29) is 5.63 Å². The van der Waals surface area contributed by atoms with Gasteiger partial charge in [-0.2, -0.15) is 0 Å². The van der Waals surface area contributed by atoms with Crippen LogP contribution in [0.2, 0.25) is 0 Å². The minimum Gasteiger partial charge on any atom is -0.422 e. The van der Waals surface area contributed by atoms with Crippen LogP contribution in [0.1, 0.15) is 0 Å². The van der Waals surface area contributed by atoms with Crippen molar-refractivity contribution in [3.8, 4) is 11.1 Å². The summed E-state index contributed by atoms with van der Waals surface area (Å²) in [6, 6.07) is 23.6. The molecule has 2 nitrogen and oxygen atoms in total. The van der Waals surface area contributed by atoms with Crippen LogP contribution in [0.5, 0.6) is 0 Å². The summed E-state index contributed by atoms with van der Waals surface area (Å²) in [5, 5.41) is 2.52. The van der Waals surface area contributed by atoms with Crippen molar-refractivity contribution in [2.75, 3.05) is 0 Å². The predicted molar refractivity (Wildman–Crippen MR) is 85.4 cm³/mol. The number of rotatable bonds is 1. The van der Waals surface area contributed by atoms with Crippen LogP contribution in [0.4, 0.5) is 0 Å². The Morgan fingerprint density at radius 3 is 2.24 bits per heavy atom. The second kappa shape index (κ2) is 4.60. The number of benzene rings is 3. The van der Waals surface area contributed by atoms with Crippen molar-refractivity contribution < 1.29 is 4.42 Å². The molecule has 0 bridgehead atoms. The van der Waals surface area contributed by atoms with Gasteiger partial charge in [-0.05, 0) is 28.6 Å². The van der Waals surface area contributed by atoms with Crippen LogP contribution in [-0.2, 0) is 0 Å². The highest BCUT2D eigenvalue weighted by Crippen LogP contribution is 2.27. The van der Waals surface area contributed by atoms with E-state index in [0.29, 0.717) is 11.0 Å². The summed E-state index contributed by atoms with van der Waals surface area (Å²) >= 11 is 0. The van der Waals surface area contributed by atoms with Crippen molar-refractivity contribution in [1.82, 2.24) is 0 Å². The average molecular weight is 272 g/mol. The molecule has 1 heterocycles. The lowest BCUT2D eigenvalue weighted by Gasteiger charge is -2.05. The number of fused-ring (bicyclic) bond motifs is 3. The van der Waals surface area contributed by atoms with E-state index in [0.717, 1.165) is 21.9 Å². The first-order chi connectivity index (χ1) is 10.3. The molecule has 0 unspecified atom stereocenters. The number of hydrogen-bond acceptors (Lipinski definition) is 2. The first-order valence-corrected chi connectivity index (χ1v) is 6.84. The first kappa shape index (κ1) is 11.9. The van der Waals surface area contributed by atoms with Crippen LogP contribution in [0, 0.1) is 0 Å². The summed E-state index contributed by atoms with van der Waals surface area (Å²) < 4.78 is 5.41. The molecule has 0 aliphatic heterocycles. The van der Waals surface area contributed by atoms with Crippen LogP contribution < -0.4 is 5.63 Å². The Labute approximate surface area is 121 Å². The minimum absolute atomic E-state index is 0.290. The zero-order chi connectivity index (χ0) is 14.2. The zero-order valence-corrected chi connectivity index (χ0v) is 11.2. The highest BCUT2D eigenvalue weighted by molar-refractivity contribution is 6.05. The van der Waals surface area contributed by atoms with Gasteiger partial charge < -0.3 is 4.42 Å². The molecule has 4 aromatic rings. The van der Waals surface area contributed by atoms with E-state index in [1.165, 1.54) is 0 Å². The largest absolute Gasteiger partial charge is 0.422 e. The fourth-order valence-electron chi connectivity index (χ4n) is 2.69. The van der Waals surface area contributed by atoms with E-state index in [9.17, 15) is 4.79 Å². The van der Waals surface area contributed by atoms with Crippen molar-refractivity contribution >= 4 is 21.7 Å². The Balaban J connectivity index is 2.07. The van der Waals surface area contributed by atoms with Gasteiger partial charge in [-0.25, -0.2) is 4.79 Å². The highest BCUT2D eigenvalue weighted by atomic mass is 16.4. The van der Waals surface area contributed by atoms with Crippen LogP contribution in [0.3, 0.4) is 0 Å². The molecule has 0 saturated carbocycles. The molecular formula is C19H12O2. The zero-order valence-electron chi connectivity index (χ0n) is 11.2. The fourth-order valence-corrected chi connectivity index (χ4v) is 2.69. The lowest BCUT2D eigenvalue weighted by Crippen LogP contribution is -1.99. The lowest BCUT2D eigenvalue weighted by atomic mass is 10.0. The number of hydrogen-bond donors (Lipinski definition) is 0. The maximum atomic E-state index is 12.2. The molecule has 0 aliphatic carbocycles. The SMILES string of the molecule is O=c1oc2ccccc2c2ccc(-c3ccccc3)cc12. The van der Waals surface area contributed by atoms with Gasteiger partial charge in [0.25, 0.3) is 0 Å². The highest BCUT2D eigenvalue weighted by Gasteiger charge is 2.08. The smallest absolute Gasteiger partial charge is 0.344 e. The molecule has 0 amide bonds. The molecule has 0 N–H and O–H groups in total. The molecule has 0 spiro atoms. The predicted octanol–water partition coefficient (Wildman–Crippen LogP) is 4.61. The van der Waals surface area contributed by atoms with Crippen LogP contribution in [0.25, 0.3) is 32.9 Å². The summed E-state index contributed by atoms with van der Waals surface area (Å²) in [4.78, 5) is 12.2. The Hall–Kier alpha value is -2.87. The van der Waals surface area contributed by atoms with E-state index in [4.69, 9.17) is 4.42 Å². The standard InChI is InChI=1S/C19H12O2/c20-19-17-12-14(13-6-2-1-3-7-13)10-11-15(17)16-8-4-5-9-18(16)21-19/h1-12H. The topological polar surface area (TPSA) is 30.2 Å². The van der Waals surface area contributed by atoms with Crippen molar-refractivity contribution in [1.29, 1.82) is 0 Å². The van der Waals surface area contributed by atoms with Crippen LogP contribution in [-0.4, -0.2) is 0 Å². The van der Waals surface area contributed by atoms with Crippen molar-refractivity contribution in [2.45, 2.75) is 0 Å². The lowest BCUT2D eigenvalue weighted by molar-refractivity contribution is 0.569. The van der Waals surface area contributed by atoms with Crippen LogP contribution in [0.15, 0.2) is 82.0 Å². The second-order valence-electron chi connectivity index (χ2n) is 5.01. The normalized spacial score (nSPS) is 11.0. The van der Waals surface area contributed by atoms with Gasteiger partial charge in [0.2, 0.25) is 0 Å². The molecule has 4 rings (SSSR count). The van der Waals surface area contributed by atoms with E-state index >= 15 is 0 Å². The van der Waals surface area contributed by atoms with Gasteiger partial charge in [-0.3, -0.25) is 0 Å². The monoisotopic (exact) mass is 272 g/mol. The molecule has 100 valence electrons. The summed E-state index contributed by atoms with van der Waals surface area (Å²) in [7, 11) is 0. The second-order valence-corrected chi connectivity index (χ2v) is 5.01. The average Bonchev–Trinajstić information content (AvgIpc) is 2.55. The van der Waals surface area contributed by atoms with Gasteiger partial charge in [0.15, 0.2) is 0 Å². The molecule has 0 radical (unpaired) electrons. The Morgan fingerprint density at radius 1 is 0.619 bits per heavy atom. The molecule has 0 aliphatic rings. The van der Waals surface area contributed by atoms with Gasteiger partial charge in [0.05, 0.1) is 5.39 Å². The Morgan fingerprint density at radius 2 is 1.38 bits per heavy atom. The molecule has 0 atom stereocenters. The van der Waals surface area contributed by atoms with Crippen LogP contribution >= 0.6 is 0 Å². The summed E-state index contributed by atoms with van der Waals surface area (Å²) in [5.74, 6) is 0. The third-order valence-corrected chi connectivity index (χ3v) is 3.73. The van der Waals surface area contributed by atoms with Crippen molar-refractivity contribution in [2.24, 2.45) is 0 Å². The molecule has 0 saturated heterocycles. The summed E-state index contributed by atoms with van der Waals surface area (Å²) in [6.07, 6.45) is 0. The van der Waals surface area contributed by atoms with Gasteiger partial charge in [-0.1, -0.05) is 60.7 Å². The fraction of sp³-hybridized carbons (Fsp3) is 0. The molecule has 0 fully saturated rings. The molecule has 21 heavy (non-hydrogen) atoms. The molecular weight excluding hydrogens is 260 g/mol. The van der Waals surface area contributed by atoms with Gasteiger partial charge in [-0.15, -0.1) is 0 Å². The maximum Gasteiger partial charge on any atom is 0.344 e. The van der Waals surface area contributed by atoms with Gasteiger partial charge >= 0.3 is 5.63 Å². The van der Waals surface area contributed by atoms with Crippen molar-refractivity contribution in [3.63, 3.8) is 0 Å². The third kappa shape index (κ3) is 1.93. The third-order valence-electron chi connectivity index (χ3n) is 3.73. The van der Waals surface area contributed by atoms with Gasteiger partial charge in [0, 0.05) is 5.39 Å². The first-order valence-electron chi connectivity index (χ1n) is 6.84. The maximum absolute atomic E-state index is 12.2. The van der Waals surface area contributed by atoms with Crippen molar-refractivity contribution in [3.05, 3.63) is 83.2 Å². The molecule has 2 heteroatoms. The summed E-state index contributed by atoms with van der Waals surface area (Å²) in [6.45, 7) is 0. The number of para-hydroxylation sites is 1. The van der Waals surface area contributed by atoms with E-state index in [1.54, 1.807) is 0 Å². The Bertz CT molecular complexity index is 998. The minimum atomic E-state index is -0.290. The molecule has 1 aromatic heterocycles. The molecule has 3 aromatic carbocycles. The van der Waals surface area contributed by atoms with E-state index in [2.05, 4.69) is 0 Å². The van der Waals surface area contributed by atoms with Gasteiger partial charge in [0.1, 0.15) is 5.58 Å². The quantitative estimate of drug-likeness (QED) is 0.374. The summed E-state index contributed by atoms with van der Waals surface area (Å²) in [5.41, 5.74) is 2.45. The van der Waals surface area contributed by atoms with E-state index < -0.39 is 0 Å².